The first-order valence-corrected chi connectivity index (χ1v) is 9.23. The van der Waals surface area contributed by atoms with E-state index in [9.17, 15) is 4.79 Å². The Morgan fingerprint density at radius 1 is 0.960 bits per heavy atom. The van der Waals surface area contributed by atoms with Gasteiger partial charge in [-0.05, 0) is 37.5 Å². The third kappa shape index (κ3) is 5.31. The zero-order valence-corrected chi connectivity index (χ0v) is 15.6. The van der Waals surface area contributed by atoms with Gasteiger partial charge in [0, 0.05) is 26.2 Å². The summed E-state index contributed by atoms with van der Waals surface area (Å²) in [5.41, 5.74) is 2.73. The summed E-state index contributed by atoms with van der Waals surface area (Å²) >= 11 is 0. The second-order valence-electron chi connectivity index (χ2n) is 6.19. The summed E-state index contributed by atoms with van der Waals surface area (Å²) < 4.78 is 0. The van der Waals surface area contributed by atoms with Crippen molar-refractivity contribution in [3.8, 4) is 0 Å². The van der Waals surface area contributed by atoms with Crippen LogP contribution in [-0.4, -0.2) is 35.4 Å². The Hall–Kier alpha value is -2.36. The molecule has 4 heteroatoms. The maximum Gasteiger partial charge on any atom is 0.272 e. The van der Waals surface area contributed by atoms with E-state index >= 15 is 0 Å². The molecule has 0 fully saturated rings. The largest absolute Gasteiger partial charge is 0.370 e. The number of rotatable bonds is 9. The van der Waals surface area contributed by atoms with E-state index in [2.05, 4.69) is 23.7 Å². The molecule has 0 aliphatic heterocycles. The summed E-state index contributed by atoms with van der Waals surface area (Å²) in [5.74, 6) is -0.0181. The zero-order chi connectivity index (χ0) is 18.1. The van der Waals surface area contributed by atoms with E-state index in [0.29, 0.717) is 18.8 Å². The summed E-state index contributed by atoms with van der Waals surface area (Å²) in [5, 5.41) is 0. The number of anilines is 1. The number of pyridine rings is 1. The van der Waals surface area contributed by atoms with Crippen LogP contribution in [0.2, 0.25) is 0 Å². The van der Waals surface area contributed by atoms with E-state index in [-0.39, 0.29) is 5.91 Å². The molecule has 134 valence electrons. The van der Waals surface area contributed by atoms with Crippen LogP contribution in [0.4, 0.5) is 5.69 Å². The minimum Gasteiger partial charge on any atom is -0.370 e. The molecule has 0 radical (unpaired) electrons. The lowest BCUT2D eigenvalue weighted by atomic mass is 10.2. The Labute approximate surface area is 151 Å². The van der Waals surface area contributed by atoms with Crippen LogP contribution in [0.3, 0.4) is 0 Å². The monoisotopic (exact) mass is 339 g/mol. The number of hydrogen-bond acceptors (Lipinski definition) is 3. The second kappa shape index (κ2) is 9.82. The predicted molar refractivity (Wildman–Crippen MR) is 104 cm³/mol. The average molecular weight is 339 g/mol. The molecule has 0 bridgehead atoms. The van der Waals surface area contributed by atoms with Crippen LogP contribution < -0.4 is 4.90 Å². The molecule has 0 N–H and O–H groups in total. The summed E-state index contributed by atoms with van der Waals surface area (Å²) in [6.07, 6.45) is 4.03. The van der Waals surface area contributed by atoms with Gasteiger partial charge in [0.2, 0.25) is 0 Å². The third-order valence-electron chi connectivity index (χ3n) is 4.20. The van der Waals surface area contributed by atoms with E-state index in [4.69, 9.17) is 0 Å². The normalized spacial score (nSPS) is 10.5. The highest BCUT2D eigenvalue weighted by molar-refractivity contribution is 5.92. The van der Waals surface area contributed by atoms with Crippen molar-refractivity contribution < 1.29 is 4.79 Å². The fourth-order valence-corrected chi connectivity index (χ4v) is 2.90. The van der Waals surface area contributed by atoms with Gasteiger partial charge in [-0.3, -0.25) is 4.79 Å². The topological polar surface area (TPSA) is 36.4 Å². The van der Waals surface area contributed by atoms with Gasteiger partial charge in [-0.25, -0.2) is 4.98 Å². The van der Waals surface area contributed by atoms with Gasteiger partial charge in [0.05, 0.1) is 11.9 Å². The molecule has 1 amide bonds. The van der Waals surface area contributed by atoms with Gasteiger partial charge in [0.25, 0.3) is 5.91 Å². The minimum absolute atomic E-state index is 0.0181. The van der Waals surface area contributed by atoms with Crippen LogP contribution >= 0.6 is 0 Å². The number of aromatic nitrogens is 1. The molecule has 1 aromatic carbocycles. The van der Waals surface area contributed by atoms with Gasteiger partial charge >= 0.3 is 0 Å². The summed E-state index contributed by atoms with van der Waals surface area (Å²) in [6.45, 7) is 9.65. The number of hydrogen-bond donors (Lipinski definition) is 0. The molecule has 1 aromatic heterocycles. The molecule has 0 spiro atoms. The molecule has 2 aromatic rings. The average Bonchev–Trinajstić information content (AvgIpc) is 2.66. The van der Waals surface area contributed by atoms with Crippen LogP contribution in [0.1, 0.15) is 49.7 Å². The van der Waals surface area contributed by atoms with Crippen molar-refractivity contribution in [2.75, 3.05) is 24.5 Å². The van der Waals surface area contributed by atoms with Crippen LogP contribution in [-0.2, 0) is 6.54 Å². The highest BCUT2D eigenvalue weighted by Crippen LogP contribution is 2.16. The highest BCUT2D eigenvalue weighted by Gasteiger charge is 2.16. The first kappa shape index (κ1) is 19.0. The Balaban J connectivity index is 2.10. The van der Waals surface area contributed by atoms with Gasteiger partial charge in [-0.1, -0.05) is 44.2 Å². The Kier molecular flexibility index (Phi) is 7.45. The van der Waals surface area contributed by atoms with Crippen molar-refractivity contribution >= 4 is 11.6 Å². The quantitative estimate of drug-likeness (QED) is 0.680. The smallest absolute Gasteiger partial charge is 0.272 e. The molecule has 0 aliphatic rings. The number of nitrogens with zero attached hydrogens (tertiary/aromatic N) is 3. The second-order valence-corrected chi connectivity index (χ2v) is 6.19. The molecule has 0 unspecified atom stereocenters. The van der Waals surface area contributed by atoms with Crippen molar-refractivity contribution in [2.24, 2.45) is 0 Å². The number of carbonyl (C=O) groups excluding carboxylic acids is 1. The van der Waals surface area contributed by atoms with Crippen LogP contribution in [0, 0.1) is 0 Å². The maximum atomic E-state index is 12.8. The fraction of sp³-hybridized carbons (Fsp3) is 0.429. The first-order valence-electron chi connectivity index (χ1n) is 9.23. The highest BCUT2D eigenvalue weighted by atomic mass is 16.2. The molecule has 2 rings (SSSR count). The SMILES string of the molecule is CCCN(CCC)c1ccc(C(=O)N(CC)Cc2ccccc2)nc1. The van der Waals surface area contributed by atoms with Crippen molar-refractivity contribution in [1.82, 2.24) is 9.88 Å². The van der Waals surface area contributed by atoms with E-state index in [1.54, 1.807) is 0 Å². The third-order valence-corrected chi connectivity index (χ3v) is 4.20. The lowest BCUT2D eigenvalue weighted by Gasteiger charge is -2.24. The summed E-state index contributed by atoms with van der Waals surface area (Å²) in [7, 11) is 0. The van der Waals surface area contributed by atoms with Gasteiger partial charge < -0.3 is 9.80 Å². The number of carbonyl (C=O) groups is 1. The molecule has 0 saturated carbocycles. The molecular weight excluding hydrogens is 310 g/mol. The van der Waals surface area contributed by atoms with Crippen LogP contribution in [0.25, 0.3) is 0 Å². The molecule has 0 atom stereocenters. The van der Waals surface area contributed by atoms with E-state index in [1.807, 2.05) is 60.5 Å². The molecule has 25 heavy (non-hydrogen) atoms. The van der Waals surface area contributed by atoms with E-state index < -0.39 is 0 Å². The summed E-state index contributed by atoms with van der Waals surface area (Å²) in [4.78, 5) is 21.4. The van der Waals surface area contributed by atoms with Crippen molar-refractivity contribution in [2.45, 2.75) is 40.2 Å². The molecule has 4 nitrogen and oxygen atoms in total. The Morgan fingerprint density at radius 3 is 2.16 bits per heavy atom. The lowest BCUT2D eigenvalue weighted by molar-refractivity contribution is 0.0746. The molecule has 1 heterocycles. The Bertz CT molecular complexity index is 634. The number of benzene rings is 1. The zero-order valence-electron chi connectivity index (χ0n) is 15.6. The lowest BCUT2D eigenvalue weighted by Crippen LogP contribution is -2.31. The fourth-order valence-electron chi connectivity index (χ4n) is 2.90. The maximum absolute atomic E-state index is 12.8. The Morgan fingerprint density at radius 2 is 1.64 bits per heavy atom. The number of amides is 1. The van der Waals surface area contributed by atoms with Crippen molar-refractivity contribution in [3.63, 3.8) is 0 Å². The molecule has 0 aliphatic carbocycles. The van der Waals surface area contributed by atoms with E-state index in [1.165, 1.54) is 0 Å². The van der Waals surface area contributed by atoms with Crippen LogP contribution in [0.15, 0.2) is 48.7 Å². The van der Waals surface area contributed by atoms with Gasteiger partial charge in [0.15, 0.2) is 0 Å². The van der Waals surface area contributed by atoms with E-state index in [0.717, 1.165) is 37.2 Å². The standard InChI is InChI=1S/C21H29N3O/c1-4-14-24(15-5-2)19-12-13-20(22-16-19)21(25)23(6-3)17-18-10-8-7-9-11-18/h7-13,16H,4-6,14-15,17H2,1-3H3. The predicted octanol–water partition coefficient (Wildman–Crippen LogP) is 4.37. The summed E-state index contributed by atoms with van der Waals surface area (Å²) in [6, 6.07) is 13.9. The molecular formula is C21H29N3O. The molecule has 0 saturated heterocycles. The van der Waals surface area contributed by atoms with Crippen molar-refractivity contribution in [3.05, 3.63) is 59.9 Å². The van der Waals surface area contributed by atoms with Crippen molar-refractivity contribution in [1.29, 1.82) is 0 Å². The van der Waals surface area contributed by atoms with Gasteiger partial charge in [-0.2, -0.15) is 0 Å². The van der Waals surface area contributed by atoms with Crippen LogP contribution in [0.5, 0.6) is 0 Å². The van der Waals surface area contributed by atoms with Gasteiger partial charge in [-0.15, -0.1) is 0 Å². The van der Waals surface area contributed by atoms with Gasteiger partial charge in [0.1, 0.15) is 5.69 Å². The first-order chi connectivity index (χ1) is 12.2. The minimum atomic E-state index is -0.0181.